The van der Waals surface area contributed by atoms with Crippen molar-refractivity contribution >= 4 is 15.9 Å². The molecule has 1 heterocycles. The Morgan fingerprint density at radius 1 is 1.35 bits per heavy atom. The summed E-state index contributed by atoms with van der Waals surface area (Å²) in [6.45, 7) is 1.58. The van der Waals surface area contributed by atoms with Gasteiger partial charge < -0.3 is 19.3 Å². The summed E-state index contributed by atoms with van der Waals surface area (Å²) in [5.41, 5.74) is 0. The molecule has 4 nitrogen and oxygen atoms in total. The molecule has 1 aromatic carbocycles. The highest BCUT2D eigenvalue weighted by Gasteiger charge is 2.16. The average Bonchev–Trinajstić information content (AvgIpc) is 2.45. The van der Waals surface area contributed by atoms with Gasteiger partial charge in [-0.25, -0.2) is 4.39 Å². The molecular formula is C14H18BrFO4. The molecule has 112 valence electrons. The Hall–Kier alpha value is -0.690. The minimum atomic E-state index is -0.777. The van der Waals surface area contributed by atoms with Crippen molar-refractivity contribution in [2.75, 3.05) is 26.4 Å². The Bertz CT molecular complexity index is 424. The van der Waals surface area contributed by atoms with Crippen LogP contribution in [0.2, 0.25) is 0 Å². The predicted octanol–water partition coefficient (Wildman–Crippen LogP) is 2.52. The lowest BCUT2D eigenvalue weighted by Gasteiger charge is -2.23. The van der Waals surface area contributed by atoms with Crippen molar-refractivity contribution in [1.29, 1.82) is 0 Å². The molecule has 0 amide bonds. The monoisotopic (exact) mass is 348 g/mol. The van der Waals surface area contributed by atoms with Gasteiger partial charge in [-0.1, -0.05) is 15.9 Å². The van der Waals surface area contributed by atoms with Gasteiger partial charge in [0.15, 0.2) is 11.6 Å². The molecular weight excluding hydrogens is 331 g/mol. The number of halogens is 2. The van der Waals surface area contributed by atoms with Gasteiger partial charge in [0, 0.05) is 17.7 Å². The van der Waals surface area contributed by atoms with E-state index >= 15 is 0 Å². The van der Waals surface area contributed by atoms with Crippen LogP contribution < -0.4 is 4.74 Å². The molecule has 0 aromatic heterocycles. The van der Waals surface area contributed by atoms with Crippen molar-refractivity contribution in [3.05, 3.63) is 28.5 Å². The van der Waals surface area contributed by atoms with Crippen LogP contribution in [-0.4, -0.2) is 43.7 Å². The van der Waals surface area contributed by atoms with Crippen molar-refractivity contribution in [2.45, 2.75) is 25.0 Å². The van der Waals surface area contributed by atoms with Gasteiger partial charge in [0.2, 0.25) is 0 Å². The average molecular weight is 349 g/mol. The van der Waals surface area contributed by atoms with E-state index in [1.54, 1.807) is 6.07 Å². The molecule has 0 spiro atoms. The van der Waals surface area contributed by atoms with Crippen molar-refractivity contribution in [2.24, 2.45) is 0 Å². The number of benzene rings is 1. The van der Waals surface area contributed by atoms with Crippen molar-refractivity contribution < 1.29 is 23.7 Å². The van der Waals surface area contributed by atoms with Crippen molar-refractivity contribution in [3.8, 4) is 5.75 Å². The standard InChI is InChI=1S/C14H18BrFO4/c15-10-1-2-14(13(16)7-10)20-9-11(17)8-19-12-3-5-18-6-4-12/h1-2,7,11-12,17H,3-6,8-9H2/t11-/m0/s1. The number of aliphatic hydroxyl groups excluding tert-OH is 1. The third kappa shape index (κ3) is 5.01. The summed E-state index contributed by atoms with van der Waals surface area (Å²) in [7, 11) is 0. The minimum absolute atomic E-state index is 0.00176. The maximum absolute atomic E-state index is 13.5. The molecule has 2 rings (SSSR count). The van der Waals surface area contributed by atoms with Crippen LogP contribution in [0.3, 0.4) is 0 Å². The lowest BCUT2D eigenvalue weighted by Crippen LogP contribution is -2.30. The Kier molecular flexibility index (Phi) is 6.22. The fourth-order valence-electron chi connectivity index (χ4n) is 1.92. The topological polar surface area (TPSA) is 47.9 Å². The highest BCUT2D eigenvalue weighted by atomic mass is 79.9. The number of ether oxygens (including phenoxy) is 3. The van der Waals surface area contributed by atoms with Crippen LogP contribution in [0.15, 0.2) is 22.7 Å². The Morgan fingerprint density at radius 3 is 2.80 bits per heavy atom. The number of hydrogen-bond donors (Lipinski definition) is 1. The predicted molar refractivity (Wildman–Crippen MR) is 75.4 cm³/mol. The van der Waals surface area contributed by atoms with Crippen LogP contribution in [0.1, 0.15) is 12.8 Å². The van der Waals surface area contributed by atoms with E-state index in [4.69, 9.17) is 14.2 Å². The fourth-order valence-corrected chi connectivity index (χ4v) is 2.25. The molecule has 20 heavy (non-hydrogen) atoms. The lowest BCUT2D eigenvalue weighted by atomic mass is 10.1. The first-order valence-electron chi connectivity index (χ1n) is 6.60. The number of aliphatic hydroxyl groups is 1. The largest absolute Gasteiger partial charge is 0.488 e. The molecule has 0 bridgehead atoms. The summed E-state index contributed by atoms with van der Waals surface area (Å²) in [5.74, 6) is -0.338. The second kappa shape index (κ2) is 7.93. The number of rotatable bonds is 6. The molecule has 0 unspecified atom stereocenters. The summed E-state index contributed by atoms with van der Waals surface area (Å²) >= 11 is 3.17. The zero-order valence-corrected chi connectivity index (χ0v) is 12.6. The summed E-state index contributed by atoms with van der Waals surface area (Å²) < 4.78 is 30.2. The van der Waals surface area contributed by atoms with Gasteiger partial charge in [0.1, 0.15) is 12.7 Å². The van der Waals surface area contributed by atoms with Gasteiger partial charge in [0.05, 0.1) is 12.7 Å². The van der Waals surface area contributed by atoms with Crippen LogP contribution in [0.25, 0.3) is 0 Å². The van der Waals surface area contributed by atoms with E-state index < -0.39 is 11.9 Å². The van der Waals surface area contributed by atoms with E-state index in [9.17, 15) is 9.50 Å². The molecule has 0 saturated carbocycles. The first-order chi connectivity index (χ1) is 9.65. The van der Waals surface area contributed by atoms with Gasteiger partial charge >= 0.3 is 0 Å². The second-order valence-electron chi connectivity index (χ2n) is 4.68. The van der Waals surface area contributed by atoms with Crippen LogP contribution >= 0.6 is 15.9 Å². The molecule has 0 aliphatic carbocycles. The van der Waals surface area contributed by atoms with E-state index in [-0.39, 0.29) is 25.1 Å². The lowest BCUT2D eigenvalue weighted by molar-refractivity contribution is -0.0661. The van der Waals surface area contributed by atoms with Crippen LogP contribution in [0, 0.1) is 5.82 Å². The van der Waals surface area contributed by atoms with Crippen molar-refractivity contribution in [3.63, 3.8) is 0 Å². The molecule has 1 aliphatic heterocycles. The highest BCUT2D eigenvalue weighted by Crippen LogP contribution is 2.21. The molecule has 1 saturated heterocycles. The molecule has 0 radical (unpaired) electrons. The summed E-state index contributed by atoms with van der Waals surface area (Å²) in [6, 6.07) is 4.52. The Labute approximate surface area is 126 Å². The molecule has 1 aliphatic rings. The van der Waals surface area contributed by atoms with Crippen LogP contribution in [0.4, 0.5) is 4.39 Å². The fraction of sp³-hybridized carbons (Fsp3) is 0.571. The first-order valence-corrected chi connectivity index (χ1v) is 7.39. The molecule has 1 fully saturated rings. The highest BCUT2D eigenvalue weighted by molar-refractivity contribution is 9.10. The zero-order chi connectivity index (χ0) is 14.4. The Morgan fingerprint density at radius 2 is 2.10 bits per heavy atom. The van der Waals surface area contributed by atoms with Crippen molar-refractivity contribution in [1.82, 2.24) is 0 Å². The first kappa shape index (κ1) is 15.7. The maximum Gasteiger partial charge on any atom is 0.166 e. The SMILES string of the molecule is O[C@H](COc1ccc(Br)cc1F)COC1CCOCC1. The minimum Gasteiger partial charge on any atom is -0.488 e. The van der Waals surface area contributed by atoms with Gasteiger partial charge in [0.25, 0.3) is 0 Å². The van der Waals surface area contributed by atoms with Gasteiger partial charge in [-0.05, 0) is 31.0 Å². The summed E-state index contributed by atoms with van der Waals surface area (Å²) in [4.78, 5) is 0. The van der Waals surface area contributed by atoms with E-state index in [1.165, 1.54) is 12.1 Å². The van der Waals surface area contributed by atoms with E-state index in [1.807, 2.05) is 0 Å². The van der Waals surface area contributed by atoms with Crippen LogP contribution in [-0.2, 0) is 9.47 Å². The summed E-state index contributed by atoms with van der Waals surface area (Å²) in [5, 5.41) is 9.77. The smallest absolute Gasteiger partial charge is 0.166 e. The van der Waals surface area contributed by atoms with Crippen LogP contribution in [0.5, 0.6) is 5.75 Å². The van der Waals surface area contributed by atoms with E-state index in [0.717, 1.165) is 12.8 Å². The third-order valence-electron chi connectivity index (χ3n) is 3.02. The number of hydrogen-bond acceptors (Lipinski definition) is 4. The van der Waals surface area contributed by atoms with Gasteiger partial charge in [-0.15, -0.1) is 0 Å². The Balaban J connectivity index is 1.70. The quantitative estimate of drug-likeness (QED) is 0.858. The second-order valence-corrected chi connectivity index (χ2v) is 5.60. The third-order valence-corrected chi connectivity index (χ3v) is 3.51. The molecule has 6 heteroatoms. The van der Waals surface area contributed by atoms with Gasteiger partial charge in [-0.3, -0.25) is 0 Å². The molecule has 1 aromatic rings. The van der Waals surface area contributed by atoms with E-state index in [2.05, 4.69) is 15.9 Å². The summed E-state index contributed by atoms with van der Waals surface area (Å²) in [6.07, 6.45) is 1.04. The van der Waals surface area contributed by atoms with Gasteiger partial charge in [-0.2, -0.15) is 0 Å². The molecule has 1 N–H and O–H groups in total. The normalized spacial score (nSPS) is 17.9. The maximum atomic E-state index is 13.5. The molecule has 1 atom stereocenters. The van der Waals surface area contributed by atoms with E-state index in [0.29, 0.717) is 17.7 Å². The zero-order valence-electron chi connectivity index (χ0n) is 11.1.